The molecule has 0 aliphatic heterocycles. The van der Waals surface area contributed by atoms with Gasteiger partial charge in [-0.2, -0.15) is 0 Å². The van der Waals surface area contributed by atoms with Crippen LogP contribution in [0.15, 0.2) is 24.3 Å². The van der Waals surface area contributed by atoms with E-state index in [9.17, 15) is 17.6 Å². The molecule has 0 radical (unpaired) electrons. The minimum absolute atomic E-state index is 0.0885. The molecular weight excluding hydrogens is 316 g/mol. The van der Waals surface area contributed by atoms with E-state index in [1.165, 1.54) is 38.1 Å². The maximum atomic E-state index is 12.8. The van der Waals surface area contributed by atoms with Crippen molar-refractivity contribution in [3.8, 4) is 0 Å². The van der Waals surface area contributed by atoms with Gasteiger partial charge in [0.05, 0.1) is 0 Å². The largest absolute Gasteiger partial charge is 0.207 e. The van der Waals surface area contributed by atoms with Crippen LogP contribution in [0, 0.1) is 51.0 Å². The molecule has 0 saturated heterocycles. The smallest absolute Gasteiger partial charge is 0.131 e. The Hall–Kier alpha value is -1.84. The van der Waals surface area contributed by atoms with Crippen LogP contribution in [-0.4, -0.2) is 0 Å². The first-order valence-electron chi connectivity index (χ1n) is 8.07. The molecular formula is C20H28F4. The van der Waals surface area contributed by atoms with Gasteiger partial charge in [0, 0.05) is 11.1 Å². The standard InChI is InChI=1S/2C8H8F2.2C2H6/c1-5-3-7(9)6(2)8(10)4-5;1-5-3-4-7(9)6(2)8(5)10;2*1-2/h2*3-4H,1-2H3;2*1-2H3. The molecule has 4 heteroatoms. The summed E-state index contributed by atoms with van der Waals surface area (Å²) < 4.78 is 50.5. The van der Waals surface area contributed by atoms with Gasteiger partial charge in [-0.05, 0) is 57.0 Å². The molecule has 0 aliphatic carbocycles. The third kappa shape index (κ3) is 7.62. The van der Waals surface area contributed by atoms with Gasteiger partial charge >= 0.3 is 0 Å². The highest BCUT2D eigenvalue weighted by atomic mass is 19.1. The fourth-order valence-corrected chi connectivity index (χ4v) is 1.57. The Morgan fingerprint density at radius 2 is 1.00 bits per heavy atom. The number of benzene rings is 2. The van der Waals surface area contributed by atoms with Crippen LogP contribution in [-0.2, 0) is 0 Å². The first-order valence-corrected chi connectivity index (χ1v) is 8.07. The molecule has 0 fully saturated rings. The first-order chi connectivity index (χ1) is 11.2. The van der Waals surface area contributed by atoms with E-state index in [0.29, 0.717) is 11.1 Å². The van der Waals surface area contributed by atoms with Gasteiger partial charge in [0.25, 0.3) is 0 Å². The Balaban J connectivity index is 0. The summed E-state index contributed by atoms with van der Waals surface area (Å²) in [6.07, 6.45) is 0. The molecule has 136 valence electrons. The second-order valence-electron chi connectivity index (χ2n) is 4.66. The third-order valence-electron chi connectivity index (χ3n) is 2.94. The van der Waals surface area contributed by atoms with E-state index in [2.05, 4.69) is 0 Å². The number of halogens is 4. The summed E-state index contributed by atoms with van der Waals surface area (Å²) in [7, 11) is 0. The van der Waals surface area contributed by atoms with Crippen molar-refractivity contribution in [2.24, 2.45) is 0 Å². The minimum atomic E-state index is -0.483. The lowest BCUT2D eigenvalue weighted by Crippen LogP contribution is -1.90. The van der Waals surface area contributed by atoms with Crippen LogP contribution in [0.25, 0.3) is 0 Å². The van der Waals surface area contributed by atoms with E-state index in [-0.39, 0.29) is 11.1 Å². The Bertz CT molecular complexity index is 569. The van der Waals surface area contributed by atoms with Crippen molar-refractivity contribution >= 4 is 0 Å². The van der Waals surface area contributed by atoms with E-state index in [0.717, 1.165) is 0 Å². The van der Waals surface area contributed by atoms with Crippen LogP contribution >= 0.6 is 0 Å². The fourth-order valence-electron chi connectivity index (χ4n) is 1.57. The highest BCUT2D eigenvalue weighted by Crippen LogP contribution is 2.14. The zero-order valence-corrected chi connectivity index (χ0v) is 15.8. The summed E-state index contributed by atoms with van der Waals surface area (Å²) in [6, 6.07) is 5.34. The average Bonchev–Trinajstić information content (AvgIpc) is 2.58. The molecule has 0 N–H and O–H groups in total. The van der Waals surface area contributed by atoms with Crippen molar-refractivity contribution in [2.75, 3.05) is 0 Å². The number of rotatable bonds is 0. The van der Waals surface area contributed by atoms with Crippen molar-refractivity contribution in [3.05, 3.63) is 69.8 Å². The SMILES string of the molecule is CC.CC.Cc1cc(F)c(C)c(F)c1.Cc1ccc(F)c(C)c1F. The molecule has 2 aromatic rings. The molecule has 0 unspecified atom stereocenters. The predicted octanol–water partition coefficient (Wildman–Crippen LogP) is 7.22. The van der Waals surface area contributed by atoms with Crippen LogP contribution < -0.4 is 0 Å². The van der Waals surface area contributed by atoms with E-state index in [4.69, 9.17) is 0 Å². The van der Waals surface area contributed by atoms with E-state index < -0.39 is 23.3 Å². The summed E-state index contributed by atoms with van der Waals surface area (Å²) in [6.45, 7) is 14.1. The van der Waals surface area contributed by atoms with E-state index in [1.54, 1.807) is 13.8 Å². The molecule has 0 bridgehead atoms. The Labute approximate surface area is 143 Å². The number of aryl methyl sites for hydroxylation is 2. The summed E-state index contributed by atoms with van der Waals surface area (Å²) in [4.78, 5) is 0. The van der Waals surface area contributed by atoms with Crippen molar-refractivity contribution in [1.29, 1.82) is 0 Å². The lowest BCUT2D eigenvalue weighted by atomic mass is 10.1. The molecule has 0 amide bonds. The lowest BCUT2D eigenvalue weighted by Gasteiger charge is -1.99. The maximum absolute atomic E-state index is 12.8. The maximum Gasteiger partial charge on any atom is 0.131 e. The predicted molar refractivity (Wildman–Crippen MR) is 94.4 cm³/mol. The molecule has 0 aliphatic rings. The molecule has 2 aromatic carbocycles. The summed E-state index contributed by atoms with van der Waals surface area (Å²) in [5, 5.41) is 0. The molecule has 2 rings (SSSR count). The normalized spacial score (nSPS) is 8.83. The molecule has 0 spiro atoms. The molecule has 0 aromatic heterocycles. The van der Waals surface area contributed by atoms with Gasteiger partial charge in [0.15, 0.2) is 0 Å². The molecule has 0 nitrogen and oxygen atoms in total. The lowest BCUT2D eigenvalue weighted by molar-refractivity contribution is 0.562. The summed E-state index contributed by atoms with van der Waals surface area (Å²) in [5.74, 6) is -1.88. The van der Waals surface area contributed by atoms with Gasteiger partial charge in [-0.1, -0.05) is 33.8 Å². The molecule has 0 saturated carbocycles. The zero-order chi connectivity index (χ0) is 19.4. The van der Waals surface area contributed by atoms with Crippen molar-refractivity contribution in [1.82, 2.24) is 0 Å². The Kier molecular flexibility index (Phi) is 12.8. The average molecular weight is 344 g/mol. The van der Waals surface area contributed by atoms with Crippen LogP contribution in [0.4, 0.5) is 17.6 Å². The van der Waals surface area contributed by atoms with Gasteiger partial charge in [-0.25, -0.2) is 17.6 Å². The summed E-state index contributed by atoms with van der Waals surface area (Å²) in [5.41, 5.74) is 1.28. The van der Waals surface area contributed by atoms with E-state index >= 15 is 0 Å². The zero-order valence-electron chi connectivity index (χ0n) is 15.8. The summed E-state index contributed by atoms with van der Waals surface area (Å²) >= 11 is 0. The minimum Gasteiger partial charge on any atom is -0.207 e. The van der Waals surface area contributed by atoms with Gasteiger partial charge in [-0.3, -0.25) is 0 Å². The van der Waals surface area contributed by atoms with Crippen molar-refractivity contribution in [3.63, 3.8) is 0 Å². The topological polar surface area (TPSA) is 0 Å². The van der Waals surface area contributed by atoms with Gasteiger partial charge in [0.1, 0.15) is 23.3 Å². The van der Waals surface area contributed by atoms with Crippen molar-refractivity contribution in [2.45, 2.75) is 55.4 Å². The van der Waals surface area contributed by atoms with Gasteiger partial charge in [-0.15, -0.1) is 0 Å². The Morgan fingerprint density at radius 1 is 0.583 bits per heavy atom. The molecule has 24 heavy (non-hydrogen) atoms. The highest BCUT2D eigenvalue weighted by molar-refractivity contribution is 5.25. The molecule has 0 heterocycles. The second kappa shape index (κ2) is 12.6. The number of hydrogen-bond donors (Lipinski definition) is 0. The second-order valence-corrected chi connectivity index (χ2v) is 4.66. The third-order valence-corrected chi connectivity index (χ3v) is 2.94. The van der Waals surface area contributed by atoms with Crippen LogP contribution in [0.2, 0.25) is 0 Å². The molecule has 0 atom stereocenters. The Morgan fingerprint density at radius 3 is 1.38 bits per heavy atom. The van der Waals surface area contributed by atoms with Crippen LogP contribution in [0.5, 0.6) is 0 Å². The number of hydrogen-bond acceptors (Lipinski definition) is 0. The fraction of sp³-hybridized carbons (Fsp3) is 0.400. The monoisotopic (exact) mass is 344 g/mol. The van der Waals surface area contributed by atoms with Crippen molar-refractivity contribution < 1.29 is 17.6 Å². The van der Waals surface area contributed by atoms with Crippen LogP contribution in [0.3, 0.4) is 0 Å². The highest BCUT2D eigenvalue weighted by Gasteiger charge is 2.05. The van der Waals surface area contributed by atoms with Gasteiger partial charge < -0.3 is 0 Å². The van der Waals surface area contributed by atoms with Crippen LogP contribution in [0.1, 0.15) is 49.9 Å². The first kappa shape index (κ1) is 24.4. The van der Waals surface area contributed by atoms with E-state index in [1.807, 2.05) is 27.7 Å². The quantitative estimate of drug-likeness (QED) is 0.443. The van der Waals surface area contributed by atoms with Gasteiger partial charge in [0.2, 0.25) is 0 Å².